The summed E-state index contributed by atoms with van der Waals surface area (Å²) in [7, 11) is 1.64. The molecule has 0 amide bonds. The Kier molecular flexibility index (Phi) is 8.02. The summed E-state index contributed by atoms with van der Waals surface area (Å²) < 4.78 is 17.8. The van der Waals surface area contributed by atoms with E-state index in [1.54, 1.807) is 31.4 Å². The molecule has 7 nitrogen and oxygen atoms in total. The molecule has 0 aliphatic rings. The standard InChI is InChI=1S/C22H23N3O4/c1-16-12-19(17(2)25(16)8-9-27-3)13-20(15-24)22(26)29-11-10-28-21-6-4-18(14-23)5-7-21/h4-7,12-13H,8-11H2,1-3H3/b20-13+. The molecule has 0 saturated carbocycles. The SMILES string of the molecule is COCCn1c(C)cc(/C=C(\C#N)C(=O)OCCOc2ccc(C#N)cc2)c1C. The molecule has 0 saturated heterocycles. The molecule has 29 heavy (non-hydrogen) atoms. The van der Waals surface area contributed by atoms with Crippen molar-refractivity contribution >= 4 is 12.0 Å². The van der Waals surface area contributed by atoms with Crippen LogP contribution in [0, 0.1) is 36.5 Å². The van der Waals surface area contributed by atoms with Crippen LogP contribution in [0.15, 0.2) is 35.9 Å². The molecule has 0 atom stereocenters. The average molecular weight is 393 g/mol. The number of esters is 1. The number of rotatable bonds is 9. The van der Waals surface area contributed by atoms with Crippen molar-refractivity contribution in [3.05, 3.63) is 58.4 Å². The van der Waals surface area contributed by atoms with Gasteiger partial charge < -0.3 is 18.8 Å². The van der Waals surface area contributed by atoms with Crippen LogP contribution in [0.4, 0.5) is 0 Å². The van der Waals surface area contributed by atoms with Gasteiger partial charge in [0.15, 0.2) is 0 Å². The van der Waals surface area contributed by atoms with Crippen LogP contribution in [-0.4, -0.2) is 37.5 Å². The van der Waals surface area contributed by atoms with Gasteiger partial charge in [-0.05, 0) is 55.8 Å². The molecule has 0 aliphatic carbocycles. The topological polar surface area (TPSA) is 97.3 Å². The smallest absolute Gasteiger partial charge is 0.349 e. The molecule has 0 N–H and O–H groups in total. The molecule has 2 aromatic rings. The molecule has 0 radical (unpaired) electrons. The lowest BCUT2D eigenvalue weighted by molar-refractivity contribution is -0.139. The second-order valence-corrected chi connectivity index (χ2v) is 6.26. The van der Waals surface area contributed by atoms with Crippen molar-refractivity contribution in [2.75, 3.05) is 26.9 Å². The Bertz CT molecular complexity index is 960. The Balaban J connectivity index is 1.94. The molecule has 2 rings (SSSR count). The highest BCUT2D eigenvalue weighted by atomic mass is 16.6. The van der Waals surface area contributed by atoms with E-state index in [9.17, 15) is 10.1 Å². The van der Waals surface area contributed by atoms with Gasteiger partial charge in [-0.15, -0.1) is 0 Å². The van der Waals surface area contributed by atoms with Gasteiger partial charge in [0, 0.05) is 25.0 Å². The van der Waals surface area contributed by atoms with Gasteiger partial charge in [-0.1, -0.05) is 0 Å². The van der Waals surface area contributed by atoms with E-state index in [-0.39, 0.29) is 18.8 Å². The Morgan fingerprint density at radius 2 is 1.86 bits per heavy atom. The van der Waals surface area contributed by atoms with Crippen molar-refractivity contribution in [3.63, 3.8) is 0 Å². The molecule has 0 spiro atoms. The third-order valence-electron chi connectivity index (χ3n) is 4.34. The van der Waals surface area contributed by atoms with Crippen LogP contribution in [0.3, 0.4) is 0 Å². The molecule has 0 unspecified atom stereocenters. The maximum Gasteiger partial charge on any atom is 0.349 e. The highest BCUT2D eigenvalue weighted by molar-refractivity contribution is 5.98. The van der Waals surface area contributed by atoms with E-state index in [1.165, 1.54) is 6.08 Å². The summed E-state index contributed by atoms with van der Waals surface area (Å²) in [6.07, 6.45) is 1.54. The fraction of sp³-hybridized carbons (Fsp3) is 0.318. The molecule has 150 valence electrons. The number of benzene rings is 1. The molecule has 1 heterocycles. The average Bonchev–Trinajstić information content (AvgIpc) is 3.00. The Hall–Kier alpha value is -3.55. The molecular weight excluding hydrogens is 370 g/mol. The molecular formula is C22H23N3O4. The summed E-state index contributed by atoms with van der Waals surface area (Å²) in [5, 5.41) is 18.1. The Morgan fingerprint density at radius 1 is 1.14 bits per heavy atom. The zero-order valence-electron chi connectivity index (χ0n) is 16.8. The van der Waals surface area contributed by atoms with Crippen molar-refractivity contribution < 1.29 is 19.0 Å². The second kappa shape index (κ2) is 10.7. The number of ether oxygens (including phenoxy) is 3. The molecule has 0 aliphatic heterocycles. The van der Waals surface area contributed by atoms with Gasteiger partial charge in [0.05, 0.1) is 18.2 Å². The van der Waals surface area contributed by atoms with E-state index >= 15 is 0 Å². The van der Waals surface area contributed by atoms with E-state index < -0.39 is 5.97 Å². The van der Waals surface area contributed by atoms with Gasteiger partial charge in [0.25, 0.3) is 0 Å². The summed E-state index contributed by atoms with van der Waals surface area (Å²) in [5.74, 6) is -0.128. The minimum Gasteiger partial charge on any atom is -0.490 e. The highest BCUT2D eigenvalue weighted by Gasteiger charge is 2.14. The first kappa shape index (κ1) is 21.7. The van der Waals surface area contributed by atoms with E-state index in [2.05, 4.69) is 4.57 Å². The van der Waals surface area contributed by atoms with E-state index in [0.29, 0.717) is 24.5 Å². The van der Waals surface area contributed by atoms with Crippen LogP contribution >= 0.6 is 0 Å². The van der Waals surface area contributed by atoms with Gasteiger partial charge in [-0.3, -0.25) is 0 Å². The fourth-order valence-corrected chi connectivity index (χ4v) is 2.79. The summed E-state index contributed by atoms with van der Waals surface area (Å²) >= 11 is 0. The number of aryl methyl sites for hydroxylation is 1. The number of aromatic nitrogens is 1. The van der Waals surface area contributed by atoms with E-state index in [4.69, 9.17) is 19.5 Å². The number of carbonyl (C=O) groups excluding carboxylic acids is 1. The largest absolute Gasteiger partial charge is 0.490 e. The van der Waals surface area contributed by atoms with E-state index in [1.807, 2.05) is 32.1 Å². The number of methoxy groups -OCH3 is 1. The minimum atomic E-state index is -0.697. The number of carbonyl (C=O) groups is 1. The summed E-state index contributed by atoms with van der Waals surface area (Å²) in [6.45, 7) is 5.31. The van der Waals surface area contributed by atoms with Crippen LogP contribution in [0.1, 0.15) is 22.5 Å². The Labute approximate surface area is 170 Å². The fourth-order valence-electron chi connectivity index (χ4n) is 2.79. The quantitative estimate of drug-likeness (QED) is 0.281. The van der Waals surface area contributed by atoms with Gasteiger partial charge in [-0.25, -0.2) is 4.79 Å². The van der Waals surface area contributed by atoms with Crippen LogP contribution < -0.4 is 4.74 Å². The van der Waals surface area contributed by atoms with E-state index in [0.717, 1.165) is 17.0 Å². The lowest BCUT2D eigenvalue weighted by atomic mass is 10.1. The van der Waals surface area contributed by atoms with Crippen LogP contribution in [0.25, 0.3) is 6.08 Å². The minimum absolute atomic E-state index is 0.00468. The van der Waals surface area contributed by atoms with Gasteiger partial charge in [0.2, 0.25) is 0 Å². The lowest BCUT2D eigenvalue weighted by Gasteiger charge is -2.08. The van der Waals surface area contributed by atoms with Crippen molar-refractivity contribution in [1.29, 1.82) is 10.5 Å². The molecule has 0 fully saturated rings. The first-order chi connectivity index (χ1) is 14.0. The summed E-state index contributed by atoms with van der Waals surface area (Å²) in [5.41, 5.74) is 3.22. The lowest BCUT2D eigenvalue weighted by Crippen LogP contribution is -2.13. The third kappa shape index (κ3) is 5.97. The summed E-state index contributed by atoms with van der Waals surface area (Å²) in [4.78, 5) is 12.2. The number of nitriles is 2. The molecule has 1 aromatic heterocycles. The van der Waals surface area contributed by atoms with Gasteiger partial charge >= 0.3 is 5.97 Å². The molecule has 7 heteroatoms. The third-order valence-corrected chi connectivity index (χ3v) is 4.34. The zero-order valence-corrected chi connectivity index (χ0v) is 16.8. The van der Waals surface area contributed by atoms with Gasteiger partial charge in [-0.2, -0.15) is 10.5 Å². The van der Waals surface area contributed by atoms with Crippen LogP contribution in [0.5, 0.6) is 5.75 Å². The molecule has 1 aromatic carbocycles. The second-order valence-electron chi connectivity index (χ2n) is 6.26. The van der Waals surface area contributed by atoms with Gasteiger partial charge in [0.1, 0.15) is 30.6 Å². The summed E-state index contributed by atoms with van der Waals surface area (Å²) in [6, 6.07) is 12.5. The zero-order chi connectivity index (χ0) is 21.2. The monoisotopic (exact) mass is 393 g/mol. The van der Waals surface area contributed by atoms with Crippen molar-refractivity contribution in [1.82, 2.24) is 4.57 Å². The van der Waals surface area contributed by atoms with Crippen molar-refractivity contribution in [2.24, 2.45) is 0 Å². The first-order valence-electron chi connectivity index (χ1n) is 9.07. The highest BCUT2D eigenvalue weighted by Crippen LogP contribution is 2.19. The molecule has 0 bridgehead atoms. The number of hydrogen-bond acceptors (Lipinski definition) is 6. The predicted octanol–water partition coefficient (Wildman–Crippen LogP) is 3.15. The predicted molar refractivity (Wildman–Crippen MR) is 107 cm³/mol. The van der Waals surface area contributed by atoms with Crippen LogP contribution in [0.2, 0.25) is 0 Å². The normalized spacial score (nSPS) is 10.9. The van der Waals surface area contributed by atoms with Crippen LogP contribution in [-0.2, 0) is 20.8 Å². The van der Waals surface area contributed by atoms with Crippen molar-refractivity contribution in [3.8, 4) is 17.9 Å². The maximum atomic E-state index is 12.2. The Morgan fingerprint density at radius 3 is 2.48 bits per heavy atom. The maximum absolute atomic E-state index is 12.2. The number of nitrogens with zero attached hydrogens (tertiary/aromatic N) is 3. The number of hydrogen-bond donors (Lipinski definition) is 0. The first-order valence-corrected chi connectivity index (χ1v) is 9.07. The van der Waals surface area contributed by atoms with Crippen molar-refractivity contribution in [2.45, 2.75) is 20.4 Å².